The van der Waals surface area contributed by atoms with E-state index in [0.717, 1.165) is 66.2 Å². The predicted molar refractivity (Wildman–Crippen MR) is 181 cm³/mol. The molecule has 9 aromatic rings. The van der Waals surface area contributed by atoms with Gasteiger partial charge in [-0.25, -0.2) is 19.9 Å². The van der Waals surface area contributed by atoms with Gasteiger partial charge in [0.1, 0.15) is 5.65 Å². The summed E-state index contributed by atoms with van der Waals surface area (Å²) in [5.41, 5.74) is 7.74. The number of imidazole rings is 1. The van der Waals surface area contributed by atoms with Crippen molar-refractivity contribution in [2.45, 2.75) is 0 Å². The lowest BCUT2D eigenvalue weighted by atomic mass is 9.95. The van der Waals surface area contributed by atoms with Crippen LogP contribution in [0.3, 0.4) is 0 Å². The zero-order chi connectivity index (χ0) is 29.7. The third-order valence-electron chi connectivity index (χ3n) is 8.29. The molecule has 4 aromatic heterocycles. The van der Waals surface area contributed by atoms with Crippen LogP contribution in [0.1, 0.15) is 0 Å². The molecule has 6 heteroatoms. The molecule has 0 radical (unpaired) electrons. The summed E-state index contributed by atoms with van der Waals surface area (Å²) < 4.78 is 2.17. The molecule has 0 atom stereocenters. The number of fused-ring (bicyclic) bond motifs is 8. The van der Waals surface area contributed by atoms with Crippen molar-refractivity contribution in [3.05, 3.63) is 146 Å². The van der Waals surface area contributed by atoms with Gasteiger partial charge in [0.2, 0.25) is 0 Å². The van der Waals surface area contributed by atoms with Crippen molar-refractivity contribution < 1.29 is 0 Å². The Kier molecular flexibility index (Phi) is 5.71. The number of nitrogens with zero attached hydrogens (tertiary/aromatic N) is 6. The maximum absolute atomic E-state index is 5.08. The molecular weight excluding hydrogens is 552 g/mol. The number of aromatic nitrogens is 6. The van der Waals surface area contributed by atoms with Crippen LogP contribution >= 0.6 is 0 Å². The average Bonchev–Trinajstić information content (AvgIpc) is 3.52. The molecule has 0 saturated heterocycles. The molecule has 0 bridgehead atoms. The van der Waals surface area contributed by atoms with Crippen molar-refractivity contribution in [1.29, 1.82) is 0 Å². The molecule has 4 heterocycles. The zero-order valence-electron chi connectivity index (χ0n) is 24.0. The van der Waals surface area contributed by atoms with E-state index in [2.05, 4.69) is 58.0 Å². The topological polar surface area (TPSA) is 68.9 Å². The SMILES string of the molecule is c1ccc(-c2nc(-c3ccccc3)nc(-c3ccc4c(c3)c3cc(-c5ccccn5)ccc3c3nc5ccccn5c43)n2)cc1. The number of hydrogen-bond donors (Lipinski definition) is 0. The van der Waals surface area contributed by atoms with E-state index in [4.69, 9.17) is 19.9 Å². The zero-order valence-corrected chi connectivity index (χ0v) is 24.0. The number of benzene rings is 5. The molecule has 0 unspecified atom stereocenters. The first-order chi connectivity index (χ1) is 22.3. The van der Waals surface area contributed by atoms with Gasteiger partial charge in [0.05, 0.1) is 16.7 Å². The maximum atomic E-state index is 5.08. The third kappa shape index (κ3) is 4.23. The van der Waals surface area contributed by atoms with Crippen LogP contribution in [0.25, 0.3) is 83.6 Å². The van der Waals surface area contributed by atoms with E-state index >= 15 is 0 Å². The van der Waals surface area contributed by atoms with Gasteiger partial charge in [0, 0.05) is 45.4 Å². The van der Waals surface area contributed by atoms with Gasteiger partial charge in [-0.05, 0) is 47.2 Å². The molecule has 0 saturated carbocycles. The minimum absolute atomic E-state index is 0.622. The smallest absolute Gasteiger partial charge is 0.164 e. The van der Waals surface area contributed by atoms with Gasteiger partial charge in [-0.15, -0.1) is 0 Å². The fraction of sp³-hybridized carbons (Fsp3) is 0. The lowest BCUT2D eigenvalue weighted by molar-refractivity contribution is 1.07. The molecule has 0 aliphatic carbocycles. The lowest BCUT2D eigenvalue weighted by Crippen LogP contribution is -2.00. The predicted octanol–water partition coefficient (Wildman–Crippen LogP) is 9.04. The van der Waals surface area contributed by atoms with Crippen molar-refractivity contribution >= 4 is 38.2 Å². The first-order valence-corrected chi connectivity index (χ1v) is 14.9. The summed E-state index contributed by atoms with van der Waals surface area (Å²) >= 11 is 0. The summed E-state index contributed by atoms with van der Waals surface area (Å²) in [5.74, 6) is 1.90. The molecule has 5 aromatic carbocycles. The molecule has 0 aliphatic heterocycles. The fourth-order valence-corrected chi connectivity index (χ4v) is 6.16. The highest BCUT2D eigenvalue weighted by Gasteiger charge is 2.18. The quantitative estimate of drug-likeness (QED) is 0.196. The third-order valence-corrected chi connectivity index (χ3v) is 8.29. The van der Waals surface area contributed by atoms with E-state index in [1.54, 1.807) is 0 Å². The minimum Gasteiger partial charge on any atom is -0.299 e. The first kappa shape index (κ1) is 25.2. The summed E-state index contributed by atoms with van der Waals surface area (Å²) in [4.78, 5) is 24.6. The summed E-state index contributed by atoms with van der Waals surface area (Å²) in [6.45, 7) is 0. The number of hydrogen-bond acceptors (Lipinski definition) is 5. The summed E-state index contributed by atoms with van der Waals surface area (Å²) in [7, 11) is 0. The molecular formula is C39H24N6. The van der Waals surface area contributed by atoms with Crippen LogP contribution in [0, 0.1) is 0 Å². The first-order valence-electron chi connectivity index (χ1n) is 14.9. The molecule has 0 N–H and O–H groups in total. The molecule has 0 spiro atoms. The van der Waals surface area contributed by atoms with Gasteiger partial charge in [-0.2, -0.15) is 0 Å². The van der Waals surface area contributed by atoms with Gasteiger partial charge < -0.3 is 0 Å². The van der Waals surface area contributed by atoms with Crippen molar-refractivity contribution in [1.82, 2.24) is 29.3 Å². The van der Waals surface area contributed by atoms with Crippen LogP contribution in [0.2, 0.25) is 0 Å². The molecule has 9 rings (SSSR count). The molecule has 0 aliphatic rings. The van der Waals surface area contributed by atoms with Crippen LogP contribution in [0.5, 0.6) is 0 Å². The van der Waals surface area contributed by atoms with Gasteiger partial charge >= 0.3 is 0 Å². The van der Waals surface area contributed by atoms with Crippen LogP contribution in [-0.2, 0) is 0 Å². The highest BCUT2D eigenvalue weighted by Crippen LogP contribution is 2.39. The second-order valence-electron chi connectivity index (χ2n) is 11.0. The molecule has 0 amide bonds. The van der Waals surface area contributed by atoms with Crippen LogP contribution in [0.4, 0.5) is 0 Å². The van der Waals surface area contributed by atoms with Gasteiger partial charge in [-0.1, -0.05) is 97.1 Å². The fourth-order valence-electron chi connectivity index (χ4n) is 6.16. The highest BCUT2D eigenvalue weighted by atomic mass is 15.0. The Morgan fingerprint density at radius 1 is 0.422 bits per heavy atom. The van der Waals surface area contributed by atoms with E-state index < -0.39 is 0 Å². The number of rotatable bonds is 4. The van der Waals surface area contributed by atoms with E-state index in [1.165, 1.54) is 0 Å². The number of pyridine rings is 2. The lowest BCUT2D eigenvalue weighted by Gasteiger charge is -2.12. The molecule has 0 fully saturated rings. The van der Waals surface area contributed by atoms with E-state index in [1.807, 2.05) is 97.2 Å². The van der Waals surface area contributed by atoms with Gasteiger partial charge in [0.25, 0.3) is 0 Å². The maximum Gasteiger partial charge on any atom is 0.164 e. The Labute approximate surface area is 258 Å². The minimum atomic E-state index is 0.622. The largest absolute Gasteiger partial charge is 0.299 e. The molecule has 210 valence electrons. The average molecular weight is 577 g/mol. The summed E-state index contributed by atoms with van der Waals surface area (Å²) in [6, 6.07) is 45.3. The highest BCUT2D eigenvalue weighted by molar-refractivity contribution is 6.25. The Balaban J connectivity index is 1.35. The van der Waals surface area contributed by atoms with Crippen molar-refractivity contribution in [2.75, 3.05) is 0 Å². The Morgan fingerprint density at radius 3 is 1.73 bits per heavy atom. The second-order valence-corrected chi connectivity index (χ2v) is 11.0. The van der Waals surface area contributed by atoms with Crippen LogP contribution < -0.4 is 0 Å². The van der Waals surface area contributed by atoms with E-state index in [0.29, 0.717) is 17.5 Å². The van der Waals surface area contributed by atoms with Crippen LogP contribution in [0.15, 0.2) is 146 Å². The second kappa shape index (κ2) is 10.2. The monoisotopic (exact) mass is 576 g/mol. The van der Waals surface area contributed by atoms with Crippen molar-refractivity contribution in [2.24, 2.45) is 0 Å². The van der Waals surface area contributed by atoms with Crippen molar-refractivity contribution in [3.63, 3.8) is 0 Å². The Bertz CT molecular complexity index is 2470. The normalized spacial score (nSPS) is 11.6. The summed E-state index contributed by atoms with van der Waals surface area (Å²) in [6.07, 6.45) is 3.91. The standard InChI is InChI=1S/C39H24N6/c1-3-11-25(12-4-1)37-42-38(26-13-5-2-6-14-26)44-39(43-37)28-18-20-30-32(24-28)31-23-27(33-15-7-9-21-40-33)17-19-29(31)35-36(30)45-22-10-8-16-34(45)41-35/h1-24H. The molecule has 6 nitrogen and oxygen atoms in total. The van der Waals surface area contributed by atoms with E-state index in [-0.39, 0.29) is 0 Å². The Hall–Kier alpha value is -6.27. The van der Waals surface area contributed by atoms with Crippen LogP contribution in [-0.4, -0.2) is 29.3 Å². The summed E-state index contributed by atoms with van der Waals surface area (Å²) in [5, 5.41) is 4.40. The van der Waals surface area contributed by atoms with Gasteiger partial charge in [-0.3, -0.25) is 9.38 Å². The van der Waals surface area contributed by atoms with Gasteiger partial charge in [0.15, 0.2) is 17.5 Å². The Morgan fingerprint density at radius 2 is 1.02 bits per heavy atom. The van der Waals surface area contributed by atoms with Crippen molar-refractivity contribution in [3.8, 4) is 45.4 Å². The molecule has 45 heavy (non-hydrogen) atoms. The van der Waals surface area contributed by atoms with E-state index in [9.17, 15) is 0 Å².